The van der Waals surface area contributed by atoms with Crippen LogP contribution >= 0.6 is 0 Å². The van der Waals surface area contributed by atoms with Crippen LogP contribution in [0.2, 0.25) is 0 Å². The molecule has 0 aromatic carbocycles. The summed E-state index contributed by atoms with van der Waals surface area (Å²) in [5.41, 5.74) is 7.45. The normalized spacial score (nSPS) is 10.4. The Hall–Kier alpha value is -1.61. The lowest BCUT2D eigenvalue weighted by atomic mass is 10.1. The third-order valence-electron chi connectivity index (χ3n) is 2.14. The van der Waals surface area contributed by atoms with Gasteiger partial charge in [-0.05, 0) is 31.2 Å². The number of hydrogen-bond acceptors (Lipinski definition) is 3. The largest absolute Gasteiger partial charge is 0.460 e. The Kier molecular flexibility index (Phi) is 2.33. The minimum Gasteiger partial charge on any atom is -0.460 e. The number of rotatable bonds is 2. The van der Waals surface area contributed by atoms with Crippen molar-refractivity contribution in [2.24, 2.45) is 5.73 Å². The maximum atomic E-state index is 5.53. The molecule has 2 rings (SSSR count). The van der Waals surface area contributed by atoms with Crippen molar-refractivity contribution in [2.45, 2.75) is 13.5 Å². The van der Waals surface area contributed by atoms with Gasteiger partial charge in [-0.15, -0.1) is 0 Å². The molecule has 0 saturated carbocycles. The van der Waals surface area contributed by atoms with Crippen LogP contribution in [0.25, 0.3) is 11.3 Å². The van der Waals surface area contributed by atoms with Crippen LogP contribution in [-0.4, -0.2) is 4.98 Å². The third-order valence-corrected chi connectivity index (χ3v) is 2.14. The first kappa shape index (κ1) is 8.97. The van der Waals surface area contributed by atoms with E-state index in [1.807, 2.05) is 31.2 Å². The van der Waals surface area contributed by atoms with Crippen LogP contribution in [0, 0.1) is 6.92 Å². The van der Waals surface area contributed by atoms with E-state index in [2.05, 4.69) is 4.98 Å². The average molecular weight is 188 g/mol. The van der Waals surface area contributed by atoms with E-state index in [-0.39, 0.29) is 0 Å². The SMILES string of the molecule is Cc1ncccc1-c1ccc(CN)o1. The molecule has 2 aromatic heterocycles. The molecular formula is C11H12N2O. The van der Waals surface area contributed by atoms with Gasteiger partial charge in [0, 0.05) is 17.5 Å². The number of aromatic nitrogens is 1. The van der Waals surface area contributed by atoms with Crippen molar-refractivity contribution in [1.82, 2.24) is 4.98 Å². The smallest absolute Gasteiger partial charge is 0.136 e. The first-order chi connectivity index (χ1) is 6.81. The third kappa shape index (κ3) is 1.54. The molecule has 0 bridgehead atoms. The van der Waals surface area contributed by atoms with Gasteiger partial charge in [0.1, 0.15) is 11.5 Å². The topological polar surface area (TPSA) is 52.0 Å². The number of aryl methyl sites for hydroxylation is 1. The van der Waals surface area contributed by atoms with Gasteiger partial charge in [0.15, 0.2) is 0 Å². The van der Waals surface area contributed by atoms with Crippen LogP contribution in [0.4, 0.5) is 0 Å². The predicted molar refractivity (Wildman–Crippen MR) is 54.6 cm³/mol. The molecule has 0 saturated heterocycles. The lowest BCUT2D eigenvalue weighted by molar-refractivity contribution is 0.525. The molecule has 72 valence electrons. The molecule has 0 aliphatic rings. The van der Waals surface area contributed by atoms with E-state index in [1.165, 1.54) is 0 Å². The molecule has 0 atom stereocenters. The monoisotopic (exact) mass is 188 g/mol. The van der Waals surface area contributed by atoms with Crippen LogP contribution in [-0.2, 0) is 6.54 Å². The van der Waals surface area contributed by atoms with E-state index in [0.717, 1.165) is 22.8 Å². The Labute approximate surface area is 82.6 Å². The standard InChI is InChI=1S/C11H12N2O/c1-8-10(3-2-6-13-8)11-5-4-9(7-12)14-11/h2-6H,7,12H2,1H3. The molecule has 14 heavy (non-hydrogen) atoms. The van der Waals surface area contributed by atoms with Gasteiger partial charge in [-0.3, -0.25) is 4.98 Å². The number of pyridine rings is 1. The molecule has 0 spiro atoms. The van der Waals surface area contributed by atoms with Gasteiger partial charge in [0.05, 0.1) is 6.54 Å². The Balaban J connectivity index is 2.44. The number of furan rings is 1. The fourth-order valence-electron chi connectivity index (χ4n) is 1.38. The zero-order valence-corrected chi connectivity index (χ0v) is 8.03. The van der Waals surface area contributed by atoms with Gasteiger partial charge in [-0.1, -0.05) is 0 Å². The molecule has 2 aromatic rings. The summed E-state index contributed by atoms with van der Waals surface area (Å²) in [5.74, 6) is 1.62. The van der Waals surface area contributed by atoms with E-state index < -0.39 is 0 Å². The Morgan fingerprint density at radius 2 is 2.21 bits per heavy atom. The minimum absolute atomic E-state index is 0.430. The second-order valence-corrected chi connectivity index (χ2v) is 3.11. The summed E-state index contributed by atoms with van der Waals surface area (Å²) in [5, 5.41) is 0. The Morgan fingerprint density at radius 1 is 1.36 bits per heavy atom. The quantitative estimate of drug-likeness (QED) is 0.785. The maximum absolute atomic E-state index is 5.53. The molecule has 0 aliphatic heterocycles. The van der Waals surface area contributed by atoms with Gasteiger partial charge in [0.25, 0.3) is 0 Å². The summed E-state index contributed by atoms with van der Waals surface area (Å²) in [6, 6.07) is 7.70. The second-order valence-electron chi connectivity index (χ2n) is 3.11. The number of nitrogens with two attached hydrogens (primary N) is 1. The minimum atomic E-state index is 0.430. The number of nitrogens with zero attached hydrogens (tertiary/aromatic N) is 1. The van der Waals surface area contributed by atoms with Gasteiger partial charge >= 0.3 is 0 Å². The zero-order valence-electron chi connectivity index (χ0n) is 8.03. The molecular weight excluding hydrogens is 176 g/mol. The Bertz CT molecular complexity index is 434. The zero-order chi connectivity index (χ0) is 9.97. The highest BCUT2D eigenvalue weighted by Crippen LogP contribution is 2.23. The molecule has 3 nitrogen and oxygen atoms in total. The van der Waals surface area contributed by atoms with Crippen LogP contribution in [0.3, 0.4) is 0 Å². The highest BCUT2D eigenvalue weighted by Gasteiger charge is 2.06. The summed E-state index contributed by atoms with van der Waals surface area (Å²) in [7, 11) is 0. The maximum Gasteiger partial charge on any atom is 0.136 e. The summed E-state index contributed by atoms with van der Waals surface area (Å²) in [6.07, 6.45) is 1.77. The summed E-state index contributed by atoms with van der Waals surface area (Å²) in [4.78, 5) is 4.20. The van der Waals surface area contributed by atoms with Gasteiger partial charge in [-0.25, -0.2) is 0 Å². The summed E-state index contributed by atoms with van der Waals surface area (Å²) < 4.78 is 5.53. The van der Waals surface area contributed by atoms with Crippen molar-refractivity contribution in [2.75, 3.05) is 0 Å². The molecule has 0 radical (unpaired) electrons. The van der Waals surface area contributed by atoms with E-state index >= 15 is 0 Å². The first-order valence-electron chi connectivity index (χ1n) is 4.52. The van der Waals surface area contributed by atoms with Crippen molar-refractivity contribution in [3.05, 3.63) is 41.9 Å². The van der Waals surface area contributed by atoms with E-state index in [9.17, 15) is 0 Å². The van der Waals surface area contributed by atoms with E-state index in [4.69, 9.17) is 10.2 Å². The molecule has 0 unspecified atom stereocenters. The lowest BCUT2D eigenvalue weighted by Crippen LogP contribution is -1.92. The molecule has 3 heteroatoms. The summed E-state index contributed by atoms with van der Waals surface area (Å²) >= 11 is 0. The van der Waals surface area contributed by atoms with Crippen molar-refractivity contribution in [3.63, 3.8) is 0 Å². The molecule has 0 fully saturated rings. The van der Waals surface area contributed by atoms with Crippen LogP contribution in [0.1, 0.15) is 11.5 Å². The van der Waals surface area contributed by atoms with Gasteiger partial charge < -0.3 is 10.2 Å². The average Bonchev–Trinajstić information content (AvgIpc) is 2.67. The fraction of sp³-hybridized carbons (Fsp3) is 0.182. The predicted octanol–water partition coefficient (Wildman–Crippen LogP) is 2.11. The van der Waals surface area contributed by atoms with Crippen molar-refractivity contribution >= 4 is 0 Å². The van der Waals surface area contributed by atoms with Gasteiger partial charge in [0.2, 0.25) is 0 Å². The molecule has 2 heterocycles. The fourth-order valence-corrected chi connectivity index (χ4v) is 1.38. The summed E-state index contributed by atoms with van der Waals surface area (Å²) in [6.45, 7) is 2.39. The van der Waals surface area contributed by atoms with Crippen molar-refractivity contribution in [1.29, 1.82) is 0 Å². The number of hydrogen-bond donors (Lipinski definition) is 1. The lowest BCUT2D eigenvalue weighted by Gasteiger charge is -1.99. The van der Waals surface area contributed by atoms with E-state index in [0.29, 0.717) is 6.54 Å². The molecule has 0 aliphatic carbocycles. The molecule has 0 amide bonds. The first-order valence-corrected chi connectivity index (χ1v) is 4.52. The Morgan fingerprint density at radius 3 is 2.86 bits per heavy atom. The molecule has 2 N–H and O–H groups in total. The van der Waals surface area contributed by atoms with E-state index in [1.54, 1.807) is 6.20 Å². The van der Waals surface area contributed by atoms with Crippen LogP contribution < -0.4 is 5.73 Å². The van der Waals surface area contributed by atoms with Gasteiger partial charge in [-0.2, -0.15) is 0 Å². The van der Waals surface area contributed by atoms with Crippen molar-refractivity contribution in [3.8, 4) is 11.3 Å². The van der Waals surface area contributed by atoms with Crippen LogP contribution in [0.5, 0.6) is 0 Å². The highest BCUT2D eigenvalue weighted by molar-refractivity contribution is 5.59. The highest BCUT2D eigenvalue weighted by atomic mass is 16.3. The van der Waals surface area contributed by atoms with Crippen molar-refractivity contribution < 1.29 is 4.42 Å². The van der Waals surface area contributed by atoms with Crippen LogP contribution in [0.15, 0.2) is 34.9 Å². The second kappa shape index (κ2) is 3.64.